The van der Waals surface area contributed by atoms with E-state index in [0.29, 0.717) is 5.06 Å². The molecule has 0 N–H and O–H groups in total. The predicted molar refractivity (Wildman–Crippen MR) is 48.6 cm³/mol. The Balaban J connectivity index is 3.50. The van der Waals surface area contributed by atoms with Crippen LogP contribution in [0.4, 0.5) is 30.2 Å². The van der Waals surface area contributed by atoms with E-state index in [1.165, 1.54) is 0 Å². The van der Waals surface area contributed by atoms with Crippen LogP contribution in [0.1, 0.15) is 0 Å². The van der Waals surface area contributed by atoms with E-state index in [2.05, 4.69) is 4.53 Å². The van der Waals surface area contributed by atoms with E-state index in [9.17, 15) is 30.2 Å². The molecule has 10 heteroatoms. The Hall–Kier alpha value is -1.13. The molecule has 0 aliphatic rings. The summed E-state index contributed by atoms with van der Waals surface area (Å²) in [5.74, 6) is -12.5. The molecule has 1 aromatic carbocycles. The van der Waals surface area contributed by atoms with Gasteiger partial charge in [0.25, 0.3) is 0 Å². The Morgan fingerprint density at radius 2 is 1.11 bits per heavy atom. The number of hydrogen-bond donors (Lipinski definition) is 0. The summed E-state index contributed by atoms with van der Waals surface area (Å²) in [6.45, 7) is 0. The highest BCUT2D eigenvalue weighted by molar-refractivity contribution is 6.74. The maximum Gasteiger partial charge on any atom is 0.637 e. The zero-order valence-electron chi connectivity index (χ0n) is 9.00. The molecule has 0 atom stereocenters. The summed E-state index contributed by atoms with van der Waals surface area (Å²) in [5.41, 5.74) is 0. The van der Waals surface area contributed by atoms with Crippen LogP contribution in [0.25, 0.3) is 0 Å². The van der Waals surface area contributed by atoms with E-state index >= 15 is 0 Å². The van der Waals surface area contributed by atoms with Crippen LogP contribution in [0.15, 0.2) is 0 Å². The average molecular weight is 293 g/mol. The van der Waals surface area contributed by atoms with Gasteiger partial charge >= 0.3 is 8.99 Å². The van der Waals surface area contributed by atoms with Crippen molar-refractivity contribution >= 4 is 14.2 Å². The van der Waals surface area contributed by atoms with Crippen molar-refractivity contribution in [2.24, 2.45) is 0 Å². The fraction of sp³-hybridized carbons (Fsp3) is 0.250. The van der Waals surface area contributed by atoms with Crippen LogP contribution in [0.5, 0.6) is 0 Å². The molecule has 0 spiro atoms. The second-order valence-electron chi connectivity index (χ2n) is 3.37. The van der Waals surface area contributed by atoms with Gasteiger partial charge in [0.05, 0.1) is 0 Å². The fourth-order valence-corrected chi connectivity index (χ4v) is 2.42. The quantitative estimate of drug-likeness (QED) is 0.211. The van der Waals surface area contributed by atoms with Gasteiger partial charge in [0.2, 0.25) is 5.82 Å². The van der Waals surface area contributed by atoms with E-state index in [1.807, 2.05) is 0 Å². The number of hydroxylamine groups is 2. The molecule has 18 heavy (non-hydrogen) atoms. The van der Waals surface area contributed by atoms with Crippen molar-refractivity contribution in [3.8, 4) is 0 Å². The Morgan fingerprint density at radius 1 is 0.778 bits per heavy atom. The van der Waals surface area contributed by atoms with Gasteiger partial charge in [0.15, 0.2) is 23.3 Å². The van der Waals surface area contributed by atoms with Crippen molar-refractivity contribution < 1.29 is 34.7 Å². The summed E-state index contributed by atoms with van der Waals surface area (Å²) < 4.78 is 94.8. The Bertz CT molecular complexity index is 450. The van der Waals surface area contributed by atoms with Crippen molar-refractivity contribution in [2.75, 3.05) is 14.1 Å². The van der Waals surface area contributed by atoms with E-state index < -0.39 is 43.3 Å². The summed E-state index contributed by atoms with van der Waals surface area (Å²) in [6, 6.07) is 0. The Labute approximate surface area is 98.0 Å². The fourth-order valence-electron chi connectivity index (χ4n) is 1.14. The Morgan fingerprint density at radius 3 is 1.44 bits per heavy atom. The van der Waals surface area contributed by atoms with Gasteiger partial charge in [-0.25, -0.2) is 35.2 Å². The lowest BCUT2D eigenvalue weighted by Crippen LogP contribution is -2.50. The molecule has 0 unspecified atom stereocenters. The lowest BCUT2D eigenvalue weighted by molar-refractivity contribution is -0.0392. The number of nitrogens with zero attached hydrogens (tertiary/aromatic N) is 1. The molecule has 2 nitrogen and oxygen atoms in total. The molecule has 1 rings (SSSR count). The molecule has 0 aliphatic carbocycles. The molecule has 0 saturated heterocycles. The monoisotopic (exact) mass is 293 g/mol. The first-order valence-electron chi connectivity index (χ1n) is 4.35. The number of hydrogen-bond acceptors (Lipinski definition) is 2. The van der Waals surface area contributed by atoms with Crippen LogP contribution in [0, 0.1) is 29.1 Å². The topological polar surface area (TPSA) is 12.5 Å². The molecule has 1 aromatic rings. The second-order valence-corrected chi connectivity index (χ2v) is 5.08. The van der Waals surface area contributed by atoms with Crippen molar-refractivity contribution in [1.82, 2.24) is 5.06 Å². The maximum absolute atomic E-state index is 13.4. The van der Waals surface area contributed by atoms with Crippen molar-refractivity contribution in [3.05, 3.63) is 29.1 Å². The summed E-state index contributed by atoms with van der Waals surface area (Å²) in [4.78, 5) is 0. The van der Waals surface area contributed by atoms with E-state index in [-0.39, 0.29) is 0 Å². The molecule has 0 bridgehead atoms. The van der Waals surface area contributed by atoms with Crippen LogP contribution >= 0.6 is 0 Å². The van der Waals surface area contributed by atoms with Crippen LogP contribution < -0.4 is 5.19 Å². The standard InChI is InChI=1S/C8H6F7NOSi/c1-16(2)17-18(14,15)8-6(12)4(10)3(9)5(11)7(8)13/h1-2H3. The van der Waals surface area contributed by atoms with E-state index in [1.54, 1.807) is 0 Å². The molecule has 0 amide bonds. The van der Waals surface area contributed by atoms with Crippen molar-refractivity contribution in [2.45, 2.75) is 0 Å². The summed E-state index contributed by atoms with van der Waals surface area (Å²) in [7, 11) is -4.33. The lowest BCUT2D eigenvalue weighted by Gasteiger charge is -2.19. The SMILES string of the molecule is CN(C)O[Si](F)(F)c1c(F)c(F)c(F)c(F)c1F. The van der Waals surface area contributed by atoms with Crippen molar-refractivity contribution in [1.29, 1.82) is 0 Å². The second kappa shape index (κ2) is 4.86. The first-order chi connectivity index (χ1) is 8.09. The van der Waals surface area contributed by atoms with Gasteiger partial charge in [0.1, 0.15) is 5.19 Å². The normalized spacial score (nSPS) is 12.3. The van der Waals surface area contributed by atoms with Crippen LogP contribution in [0.3, 0.4) is 0 Å². The van der Waals surface area contributed by atoms with Crippen molar-refractivity contribution in [3.63, 3.8) is 0 Å². The number of halogens is 7. The highest BCUT2D eigenvalue weighted by Crippen LogP contribution is 2.21. The largest absolute Gasteiger partial charge is 0.637 e. The third-order valence-electron chi connectivity index (χ3n) is 1.80. The molecular formula is C8H6F7NOSi. The molecule has 0 radical (unpaired) electrons. The average Bonchev–Trinajstić information content (AvgIpc) is 2.21. The Kier molecular flexibility index (Phi) is 4.03. The van der Waals surface area contributed by atoms with Gasteiger partial charge in [-0.3, -0.25) is 4.53 Å². The van der Waals surface area contributed by atoms with E-state index in [0.717, 1.165) is 14.1 Å². The van der Waals surface area contributed by atoms with Crippen LogP contribution in [0.2, 0.25) is 0 Å². The third kappa shape index (κ3) is 2.49. The minimum Gasteiger partial charge on any atom is -0.276 e. The maximum atomic E-state index is 13.4. The van der Waals surface area contributed by atoms with E-state index in [4.69, 9.17) is 0 Å². The highest BCUT2D eigenvalue weighted by atomic mass is 28.4. The first-order valence-corrected chi connectivity index (χ1v) is 6.02. The summed E-state index contributed by atoms with van der Waals surface area (Å²) in [5, 5.41) is -1.78. The lowest BCUT2D eigenvalue weighted by atomic mass is 10.3. The molecule has 102 valence electrons. The zero-order valence-corrected chi connectivity index (χ0v) is 10.0. The van der Waals surface area contributed by atoms with Gasteiger partial charge < -0.3 is 0 Å². The molecule has 0 fully saturated rings. The number of benzene rings is 1. The molecule has 0 saturated carbocycles. The highest BCUT2D eigenvalue weighted by Gasteiger charge is 2.51. The van der Waals surface area contributed by atoms with Crippen LogP contribution in [-0.4, -0.2) is 28.1 Å². The summed E-state index contributed by atoms with van der Waals surface area (Å²) >= 11 is 0. The summed E-state index contributed by atoms with van der Waals surface area (Å²) in [6.07, 6.45) is 0. The van der Waals surface area contributed by atoms with Gasteiger partial charge in [0, 0.05) is 14.1 Å². The van der Waals surface area contributed by atoms with Crippen LogP contribution in [-0.2, 0) is 4.53 Å². The molecule has 0 heterocycles. The van der Waals surface area contributed by atoms with Gasteiger partial charge in [-0.05, 0) is 0 Å². The molecule has 0 aliphatic heterocycles. The smallest absolute Gasteiger partial charge is 0.276 e. The third-order valence-corrected chi connectivity index (χ3v) is 3.41. The zero-order chi connectivity index (χ0) is 14.2. The van der Waals surface area contributed by atoms with Gasteiger partial charge in [-0.15, -0.1) is 0 Å². The van der Waals surface area contributed by atoms with Gasteiger partial charge in [-0.1, -0.05) is 0 Å². The van der Waals surface area contributed by atoms with Gasteiger partial charge in [-0.2, -0.15) is 0 Å². The number of rotatable bonds is 3. The molecular weight excluding hydrogens is 287 g/mol. The predicted octanol–water partition coefficient (Wildman–Crippen LogP) is 1.96. The minimum absolute atomic E-state index is 0.421. The first kappa shape index (κ1) is 14.9. The molecule has 0 aromatic heterocycles. The minimum atomic E-state index is -6.29.